The summed E-state index contributed by atoms with van der Waals surface area (Å²) in [7, 11) is 0. The number of fused-ring (bicyclic) bond motifs is 2. The number of unbranched alkanes of at least 4 members (excludes halogenated alkanes) is 1. The molecule has 1 unspecified atom stereocenters. The van der Waals surface area contributed by atoms with E-state index in [1.165, 1.54) is 6.07 Å². The predicted octanol–water partition coefficient (Wildman–Crippen LogP) is 4.21. The number of halogens is 3. The molecule has 2 heterocycles. The summed E-state index contributed by atoms with van der Waals surface area (Å²) >= 11 is 12.5. The quantitative estimate of drug-likeness (QED) is 0.417. The van der Waals surface area contributed by atoms with Gasteiger partial charge in [0.1, 0.15) is 11.6 Å². The normalized spacial score (nSPS) is 15.4. The largest absolute Gasteiger partial charge is 0.374 e. The molecule has 0 saturated heterocycles. The van der Waals surface area contributed by atoms with Crippen LogP contribution >= 0.6 is 23.2 Å². The van der Waals surface area contributed by atoms with Crippen molar-refractivity contribution < 1.29 is 9.18 Å². The first kappa shape index (κ1) is 24.4. The second-order valence-corrected chi connectivity index (χ2v) is 9.28. The maximum atomic E-state index is 14.7. The van der Waals surface area contributed by atoms with E-state index in [4.69, 9.17) is 28.9 Å². The SMILES string of the molecule is CC1c2c(Cl)cc(Cl)cc2CCN1C(=O)CNc1cc2nc(CCCCN)[nH]c(=O)c2cc1F. The van der Waals surface area contributed by atoms with Crippen LogP contribution in [-0.2, 0) is 17.6 Å². The maximum Gasteiger partial charge on any atom is 0.258 e. The van der Waals surface area contributed by atoms with E-state index < -0.39 is 11.4 Å². The Kier molecular flexibility index (Phi) is 7.40. The van der Waals surface area contributed by atoms with Crippen LogP contribution in [0.1, 0.15) is 42.8 Å². The molecule has 0 radical (unpaired) electrons. The molecule has 0 saturated carbocycles. The van der Waals surface area contributed by atoms with Gasteiger partial charge < -0.3 is 20.9 Å². The molecule has 1 atom stereocenters. The number of hydrogen-bond acceptors (Lipinski definition) is 5. The number of H-pyrrole nitrogens is 1. The number of nitrogens with zero attached hydrogens (tertiary/aromatic N) is 2. The average molecular weight is 506 g/mol. The van der Waals surface area contributed by atoms with Crippen molar-refractivity contribution in [3.8, 4) is 0 Å². The van der Waals surface area contributed by atoms with Gasteiger partial charge in [0.2, 0.25) is 5.91 Å². The third-order valence-corrected chi connectivity index (χ3v) is 6.68. The highest BCUT2D eigenvalue weighted by Crippen LogP contribution is 2.37. The molecular weight excluding hydrogens is 480 g/mol. The van der Waals surface area contributed by atoms with Gasteiger partial charge in [0.05, 0.1) is 29.2 Å². The predicted molar refractivity (Wildman–Crippen MR) is 133 cm³/mol. The summed E-state index contributed by atoms with van der Waals surface area (Å²) in [5.74, 6) is -0.291. The molecule has 0 bridgehead atoms. The van der Waals surface area contributed by atoms with Gasteiger partial charge >= 0.3 is 0 Å². The fourth-order valence-corrected chi connectivity index (χ4v) is 5.11. The van der Waals surface area contributed by atoms with Crippen LogP contribution in [0.4, 0.5) is 10.1 Å². The molecule has 2 aromatic carbocycles. The smallest absolute Gasteiger partial charge is 0.258 e. The van der Waals surface area contributed by atoms with Gasteiger partial charge in [-0.05, 0) is 68.1 Å². The molecule has 3 aromatic rings. The molecule has 180 valence electrons. The first-order valence-corrected chi connectivity index (χ1v) is 12.0. The zero-order chi connectivity index (χ0) is 24.4. The molecule has 1 aromatic heterocycles. The molecule has 10 heteroatoms. The number of aryl methyl sites for hydroxylation is 1. The molecule has 0 fully saturated rings. The summed E-state index contributed by atoms with van der Waals surface area (Å²) in [5, 5.41) is 4.13. The lowest BCUT2D eigenvalue weighted by Gasteiger charge is -2.36. The molecule has 4 N–H and O–H groups in total. The van der Waals surface area contributed by atoms with Crippen LogP contribution in [0, 0.1) is 5.82 Å². The van der Waals surface area contributed by atoms with E-state index in [1.54, 1.807) is 11.0 Å². The number of anilines is 1. The van der Waals surface area contributed by atoms with E-state index in [-0.39, 0.29) is 29.6 Å². The van der Waals surface area contributed by atoms with Gasteiger partial charge in [0.15, 0.2) is 0 Å². The maximum absolute atomic E-state index is 14.7. The van der Waals surface area contributed by atoms with Crippen molar-refractivity contribution in [1.29, 1.82) is 0 Å². The van der Waals surface area contributed by atoms with Gasteiger partial charge in [0, 0.05) is 23.0 Å². The van der Waals surface area contributed by atoms with E-state index >= 15 is 0 Å². The van der Waals surface area contributed by atoms with Crippen molar-refractivity contribution in [1.82, 2.24) is 14.9 Å². The van der Waals surface area contributed by atoms with Crippen molar-refractivity contribution in [2.45, 2.75) is 38.6 Å². The molecule has 4 rings (SSSR count). The zero-order valence-electron chi connectivity index (χ0n) is 18.8. The fraction of sp³-hybridized carbons (Fsp3) is 0.375. The molecule has 0 spiro atoms. The molecule has 1 aliphatic heterocycles. The van der Waals surface area contributed by atoms with Crippen LogP contribution in [0.5, 0.6) is 0 Å². The lowest BCUT2D eigenvalue weighted by Crippen LogP contribution is -2.42. The second kappa shape index (κ2) is 10.3. The minimum absolute atomic E-state index is 0.111. The summed E-state index contributed by atoms with van der Waals surface area (Å²) in [4.78, 5) is 34.2. The van der Waals surface area contributed by atoms with Crippen LogP contribution in [-0.4, -0.2) is 40.4 Å². The molecule has 0 aliphatic carbocycles. The second-order valence-electron chi connectivity index (χ2n) is 8.43. The lowest BCUT2D eigenvalue weighted by atomic mass is 9.93. The average Bonchev–Trinajstić information content (AvgIpc) is 2.78. The molecule has 1 aliphatic rings. The number of rotatable bonds is 7. The topological polar surface area (TPSA) is 104 Å². The van der Waals surface area contributed by atoms with Gasteiger partial charge in [0.25, 0.3) is 5.56 Å². The third kappa shape index (κ3) is 5.04. The Morgan fingerprint density at radius 2 is 2.09 bits per heavy atom. The summed E-state index contributed by atoms with van der Waals surface area (Å²) in [6.45, 7) is 2.87. The monoisotopic (exact) mass is 505 g/mol. The van der Waals surface area contributed by atoms with Crippen LogP contribution in [0.3, 0.4) is 0 Å². The molecule has 1 amide bonds. The highest BCUT2D eigenvalue weighted by molar-refractivity contribution is 6.35. The van der Waals surface area contributed by atoms with Crippen LogP contribution in [0.2, 0.25) is 10.0 Å². The zero-order valence-corrected chi connectivity index (χ0v) is 20.3. The van der Waals surface area contributed by atoms with Gasteiger partial charge in [-0.3, -0.25) is 9.59 Å². The van der Waals surface area contributed by atoms with E-state index in [9.17, 15) is 14.0 Å². The highest BCUT2D eigenvalue weighted by atomic mass is 35.5. The number of nitrogens with one attached hydrogen (secondary N) is 2. The Hall–Kier alpha value is -2.68. The van der Waals surface area contributed by atoms with Crippen LogP contribution in [0.15, 0.2) is 29.1 Å². The van der Waals surface area contributed by atoms with Crippen LogP contribution in [0.25, 0.3) is 10.9 Å². The fourth-order valence-electron chi connectivity index (χ4n) is 4.41. The van der Waals surface area contributed by atoms with Gasteiger partial charge in [-0.25, -0.2) is 9.37 Å². The van der Waals surface area contributed by atoms with Crippen molar-refractivity contribution in [3.05, 3.63) is 67.4 Å². The number of nitrogens with two attached hydrogens (primary N) is 1. The summed E-state index contributed by atoms with van der Waals surface area (Å²) in [5.41, 5.74) is 7.52. The summed E-state index contributed by atoms with van der Waals surface area (Å²) in [6, 6.07) is 5.92. The Morgan fingerprint density at radius 1 is 1.29 bits per heavy atom. The van der Waals surface area contributed by atoms with E-state index in [1.807, 2.05) is 13.0 Å². The van der Waals surface area contributed by atoms with Gasteiger partial charge in [-0.15, -0.1) is 0 Å². The summed E-state index contributed by atoms with van der Waals surface area (Å²) < 4.78 is 14.7. The number of hydrogen-bond donors (Lipinski definition) is 3. The van der Waals surface area contributed by atoms with E-state index in [0.29, 0.717) is 47.3 Å². The Labute approximate surface area is 206 Å². The van der Waals surface area contributed by atoms with Gasteiger partial charge in [-0.2, -0.15) is 0 Å². The number of carbonyl (C=O) groups excluding carboxylic acids is 1. The van der Waals surface area contributed by atoms with Crippen molar-refractivity contribution in [2.75, 3.05) is 25.0 Å². The minimum atomic E-state index is -0.627. The minimum Gasteiger partial charge on any atom is -0.374 e. The molecule has 34 heavy (non-hydrogen) atoms. The summed E-state index contributed by atoms with van der Waals surface area (Å²) in [6.07, 6.45) is 2.82. The van der Waals surface area contributed by atoms with Crippen molar-refractivity contribution in [2.24, 2.45) is 5.73 Å². The highest BCUT2D eigenvalue weighted by Gasteiger charge is 2.29. The van der Waals surface area contributed by atoms with Gasteiger partial charge in [-0.1, -0.05) is 23.2 Å². The van der Waals surface area contributed by atoms with Crippen molar-refractivity contribution in [3.63, 3.8) is 0 Å². The molecule has 7 nitrogen and oxygen atoms in total. The number of aromatic nitrogens is 2. The number of aromatic amines is 1. The standard InChI is InChI=1S/C24H26Cl2FN5O2/c1-13-23-14(8-15(25)9-17(23)26)5-7-32(13)22(33)12-29-20-11-19-16(10-18(20)27)24(34)31-21(30-19)4-2-3-6-28/h8-11,13,29H,2-7,12,28H2,1H3,(H,30,31,34). The Bertz CT molecular complexity index is 1300. The molecular formula is C24H26Cl2FN5O2. The lowest BCUT2D eigenvalue weighted by molar-refractivity contribution is -0.131. The first-order valence-electron chi connectivity index (χ1n) is 11.2. The Morgan fingerprint density at radius 3 is 2.85 bits per heavy atom. The number of carbonyl (C=O) groups is 1. The van der Waals surface area contributed by atoms with E-state index in [0.717, 1.165) is 30.0 Å². The van der Waals surface area contributed by atoms with Crippen LogP contribution < -0.4 is 16.6 Å². The van der Waals surface area contributed by atoms with Crippen molar-refractivity contribution >= 4 is 45.7 Å². The first-order chi connectivity index (χ1) is 16.3. The third-order valence-electron chi connectivity index (χ3n) is 6.15. The number of benzene rings is 2. The van der Waals surface area contributed by atoms with E-state index in [2.05, 4.69) is 15.3 Å². The number of amides is 1. The Balaban J connectivity index is 1.50.